The summed E-state index contributed by atoms with van der Waals surface area (Å²) in [7, 11) is -3.04. The van der Waals surface area contributed by atoms with E-state index in [2.05, 4.69) is 15.7 Å². The number of nitrogens with zero attached hydrogens (tertiary/aromatic N) is 2. The van der Waals surface area contributed by atoms with E-state index in [1.165, 1.54) is 6.42 Å². The van der Waals surface area contributed by atoms with Gasteiger partial charge in [-0.1, -0.05) is 19.3 Å². The van der Waals surface area contributed by atoms with Crippen molar-refractivity contribution < 1.29 is 18.0 Å². The Hall–Kier alpha value is -1.90. The largest absolute Gasteiger partial charge is 0.347 e. The Kier molecular flexibility index (Phi) is 5.64. The fourth-order valence-corrected chi connectivity index (χ4v) is 5.41. The van der Waals surface area contributed by atoms with Crippen LogP contribution in [0.5, 0.6) is 0 Å². The van der Waals surface area contributed by atoms with Crippen LogP contribution in [-0.2, 0) is 19.4 Å². The highest BCUT2D eigenvalue weighted by atomic mass is 32.2. The van der Waals surface area contributed by atoms with Crippen LogP contribution < -0.4 is 10.6 Å². The number of aryl methyl sites for hydroxylation is 1. The van der Waals surface area contributed by atoms with Gasteiger partial charge in [0.15, 0.2) is 9.84 Å². The number of carbonyl (C=O) groups is 2. The summed E-state index contributed by atoms with van der Waals surface area (Å²) in [6, 6.07) is 1.45. The van der Waals surface area contributed by atoms with Gasteiger partial charge < -0.3 is 10.6 Å². The van der Waals surface area contributed by atoms with Crippen LogP contribution in [0.25, 0.3) is 0 Å². The number of hydrogen-bond acceptors (Lipinski definition) is 5. The van der Waals surface area contributed by atoms with E-state index in [4.69, 9.17) is 0 Å². The summed E-state index contributed by atoms with van der Waals surface area (Å²) in [5.74, 6) is 0.258. The highest BCUT2D eigenvalue weighted by molar-refractivity contribution is 7.91. The van der Waals surface area contributed by atoms with Crippen molar-refractivity contribution >= 4 is 27.5 Å². The Morgan fingerprint density at radius 1 is 1.23 bits per heavy atom. The van der Waals surface area contributed by atoms with E-state index in [0.717, 1.165) is 25.7 Å². The van der Waals surface area contributed by atoms with Crippen molar-refractivity contribution in [2.24, 2.45) is 5.92 Å². The van der Waals surface area contributed by atoms with Gasteiger partial charge in [-0.2, -0.15) is 5.10 Å². The monoisotopic (exact) mass is 382 g/mol. The second-order valence-electron chi connectivity index (χ2n) is 7.27. The third kappa shape index (κ3) is 4.63. The van der Waals surface area contributed by atoms with Gasteiger partial charge in [0.25, 0.3) is 0 Å². The van der Waals surface area contributed by atoms with Gasteiger partial charge in [-0.15, -0.1) is 0 Å². The summed E-state index contributed by atoms with van der Waals surface area (Å²) in [4.78, 5) is 24.3. The maximum Gasteiger partial charge on any atom is 0.244 e. The molecule has 2 fully saturated rings. The SMILES string of the molecule is Cc1cc(NC(=O)CNC(=O)C2CCCCC2)n(C2CCS(=O)(=O)C2)n1. The third-order valence-electron chi connectivity index (χ3n) is 5.08. The van der Waals surface area contributed by atoms with Gasteiger partial charge >= 0.3 is 0 Å². The number of nitrogens with one attached hydrogen (secondary N) is 2. The summed E-state index contributed by atoms with van der Waals surface area (Å²) in [6.07, 6.45) is 5.56. The molecule has 1 unspecified atom stereocenters. The first-order chi connectivity index (χ1) is 12.3. The summed E-state index contributed by atoms with van der Waals surface area (Å²) in [6.45, 7) is 1.70. The van der Waals surface area contributed by atoms with Crippen molar-refractivity contribution in [3.05, 3.63) is 11.8 Å². The maximum absolute atomic E-state index is 12.2. The predicted molar refractivity (Wildman–Crippen MR) is 97.5 cm³/mol. The Labute approximate surface area is 153 Å². The number of amides is 2. The molecule has 3 rings (SSSR count). The molecule has 1 aromatic rings. The molecule has 0 aromatic carbocycles. The minimum absolute atomic E-state index is 0.00742. The van der Waals surface area contributed by atoms with E-state index in [9.17, 15) is 18.0 Å². The molecular weight excluding hydrogens is 356 g/mol. The van der Waals surface area contributed by atoms with E-state index in [1.807, 2.05) is 0 Å². The lowest BCUT2D eigenvalue weighted by molar-refractivity contribution is -0.128. The quantitative estimate of drug-likeness (QED) is 0.795. The molecule has 2 heterocycles. The Bertz CT molecular complexity index is 781. The van der Waals surface area contributed by atoms with Gasteiger partial charge in [0, 0.05) is 12.0 Å². The third-order valence-corrected chi connectivity index (χ3v) is 6.83. The standard InChI is InChI=1S/C17H26N4O4S/c1-12-9-15(21(20-12)14-7-8-26(24,25)11-14)19-16(22)10-18-17(23)13-5-3-2-4-6-13/h9,13-14H,2-8,10-11H2,1H3,(H,18,23)(H,19,22). The lowest BCUT2D eigenvalue weighted by Gasteiger charge is -2.20. The van der Waals surface area contributed by atoms with Crippen molar-refractivity contribution in [2.75, 3.05) is 23.4 Å². The summed E-state index contributed by atoms with van der Waals surface area (Å²) in [5.41, 5.74) is 0.704. The van der Waals surface area contributed by atoms with E-state index in [0.29, 0.717) is 17.9 Å². The second kappa shape index (κ2) is 7.77. The molecule has 26 heavy (non-hydrogen) atoms. The molecule has 2 N–H and O–H groups in total. The van der Waals surface area contributed by atoms with E-state index in [-0.39, 0.29) is 41.8 Å². The van der Waals surface area contributed by atoms with Crippen molar-refractivity contribution in [1.82, 2.24) is 15.1 Å². The van der Waals surface area contributed by atoms with Crippen LogP contribution in [-0.4, -0.2) is 48.1 Å². The van der Waals surface area contributed by atoms with Crippen LogP contribution >= 0.6 is 0 Å². The van der Waals surface area contributed by atoms with E-state index < -0.39 is 9.84 Å². The smallest absolute Gasteiger partial charge is 0.244 e. The first-order valence-corrected chi connectivity index (χ1v) is 11.0. The molecule has 2 aliphatic rings. The zero-order valence-corrected chi connectivity index (χ0v) is 15.8. The Morgan fingerprint density at radius 2 is 1.96 bits per heavy atom. The predicted octanol–water partition coefficient (Wildman–Crippen LogP) is 1.19. The summed E-state index contributed by atoms with van der Waals surface area (Å²) < 4.78 is 25.0. The molecule has 2 amide bonds. The molecule has 0 spiro atoms. The molecule has 8 nitrogen and oxygen atoms in total. The minimum atomic E-state index is -3.04. The van der Waals surface area contributed by atoms with Gasteiger partial charge in [-0.05, 0) is 26.2 Å². The number of rotatable bonds is 5. The maximum atomic E-state index is 12.2. The van der Waals surface area contributed by atoms with Gasteiger partial charge in [0.1, 0.15) is 5.82 Å². The number of hydrogen-bond donors (Lipinski definition) is 2. The fraction of sp³-hybridized carbons (Fsp3) is 0.706. The van der Waals surface area contributed by atoms with Crippen LogP contribution in [0.3, 0.4) is 0 Å². The first kappa shape index (κ1) is 18.9. The highest BCUT2D eigenvalue weighted by Gasteiger charge is 2.31. The summed E-state index contributed by atoms with van der Waals surface area (Å²) >= 11 is 0. The molecule has 0 radical (unpaired) electrons. The zero-order chi connectivity index (χ0) is 18.7. The minimum Gasteiger partial charge on any atom is -0.347 e. The molecule has 1 saturated carbocycles. The first-order valence-electron chi connectivity index (χ1n) is 9.18. The normalized spacial score (nSPS) is 22.9. The van der Waals surface area contributed by atoms with Crippen LogP contribution in [0.4, 0.5) is 5.82 Å². The number of anilines is 1. The van der Waals surface area contributed by atoms with Gasteiger partial charge in [-0.3, -0.25) is 9.59 Å². The van der Waals surface area contributed by atoms with E-state index in [1.54, 1.807) is 17.7 Å². The average molecular weight is 382 g/mol. The van der Waals surface area contributed by atoms with Crippen molar-refractivity contribution in [3.8, 4) is 0 Å². The molecular formula is C17H26N4O4S. The van der Waals surface area contributed by atoms with Crippen molar-refractivity contribution in [3.63, 3.8) is 0 Å². The molecule has 1 aromatic heterocycles. The fourth-order valence-electron chi connectivity index (χ4n) is 3.72. The van der Waals surface area contributed by atoms with Crippen molar-refractivity contribution in [2.45, 2.75) is 51.5 Å². The second-order valence-corrected chi connectivity index (χ2v) is 9.50. The molecule has 144 valence electrons. The number of sulfone groups is 1. The van der Waals surface area contributed by atoms with E-state index >= 15 is 0 Å². The summed E-state index contributed by atoms with van der Waals surface area (Å²) in [5, 5.41) is 9.78. The molecule has 9 heteroatoms. The van der Waals surface area contributed by atoms with Crippen LogP contribution in [0.1, 0.15) is 50.3 Å². The van der Waals surface area contributed by atoms with Gasteiger partial charge in [-0.25, -0.2) is 13.1 Å². The number of aromatic nitrogens is 2. The Morgan fingerprint density at radius 3 is 2.62 bits per heavy atom. The lowest BCUT2D eigenvalue weighted by Crippen LogP contribution is -2.37. The highest BCUT2D eigenvalue weighted by Crippen LogP contribution is 2.27. The topological polar surface area (TPSA) is 110 Å². The van der Waals surface area contributed by atoms with Crippen LogP contribution in [0.15, 0.2) is 6.07 Å². The lowest BCUT2D eigenvalue weighted by atomic mass is 9.89. The van der Waals surface area contributed by atoms with Gasteiger partial charge in [0.05, 0.1) is 29.8 Å². The molecule has 0 bridgehead atoms. The zero-order valence-electron chi connectivity index (χ0n) is 15.0. The van der Waals surface area contributed by atoms with Gasteiger partial charge in [0.2, 0.25) is 11.8 Å². The molecule has 1 saturated heterocycles. The average Bonchev–Trinajstić information content (AvgIpc) is 3.15. The van der Waals surface area contributed by atoms with Crippen LogP contribution in [0, 0.1) is 12.8 Å². The molecule has 1 atom stereocenters. The molecule has 1 aliphatic carbocycles. The molecule has 1 aliphatic heterocycles. The van der Waals surface area contributed by atoms with Crippen LogP contribution in [0.2, 0.25) is 0 Å². The Balaban J connectivity index is 1.57. The number of carbonyl (C=O) groups excluding carboxylic acids is 2. The van der Waals surface area contributed by atoms with Crippen molar-refractivity contribution in [1.29, 1.82) is 0 Å².